The van der Waals surface area contributed by atoms with E-state index >= 15 is 0 Å². The monoisotopic (exact) mass is 330 g/mol. The molecule has 0 atom stereocenters. The SMILES string of the molecule is CCNC(=NCCCCCOC)NCCNC(=O)OC(C)(C)C. The number of nitrogens with one attached hydrogen (secondary N) is 3. The number of carbonyl (C=O) groups is 1. The highest BCUT2D eigenvalue weighted by Crippen LogP contribution is 2.05. The van der Waals surface area contributed by atoms with Gasteiger partial charge in [-0.15, -0.1) is 0 Å². The van der Waals surface area contributed by atoms with E-state index in [4.69, 9.17) is 9.47 Å². The number of unbranched alkanes of at least 4 members (excludes halogenated alkanes) is 2. The van der Waals surface area contributed by atoms with E-state index in [9.17, 15) is 4.79 Å². The van der Waals surface area contributed by atoms with E-state index in [0.29, 0.717) is 13.1 Å². The highest BCUT2D eigenvalue weighted by atomic mass is 16.6. The van der Waals surface area contributed by atoms with Gasteiger partial charge in [0.1, 0.15) is 5.60 Å². The lowest BCUT2D eigenvalue weighted by atomic mass is 10.2. The predicted octanol–water partition coefficient (Wildman–Crippen LogP) is 1.88. The zero-order valence-electron chi connectivity index (χ0n) is 15.3. The maximum Gasteiger partial charge on any atom is 0.407 e. The summed E-state index contributed by atoms with van der Waals surface area (Å²) in [4.78, 5) is 16.0. The van der Waals surface area contributed by atoms with E-state index < -0.39 is 11.7 Å². The van der Waals surface area contributed by atoms with Crippen molar-refractivity contribution in [3.05, 3.63) is 0 Å². The van der Waals surface area contributed by atoms with Crippen LogP contribution in [0.1, 0.15) is 47.0 Å². The summed E-state index contributed by atoms with van der Waals surface area (Å²) >= 11 is 0. The van der Waals surface area contributed by atoms with Crippen molar-refractivity contribution in [3.63, 3.8) is 0 Å². The minimum atomic E-state index is -0.475. The van der Waals surface area contributed by atoms with Gasteiger partial charge in [0.05, 0.1) is 0 Å². The van der Waals surface area contributed by atoms with Crippen molar-refractivity contribution in [2.45, 2.75) is 52.6 Å². The average Bonchev–Trinajstić information content (AvgIpc) is 2.45. The maximum atomic E-state index is 11.5. The third-order valence-corrected chi connectivity index (χ3v) is 2.71. The first-order valence-electron chi connectivity index (χ1n) is 8.37. The quantitative estimate of drug-likeness (QED) is 0.324. The Balaban J connectivity index is 3.88. The smallest absolute Gasteiger partial charge is 0.407 e. The molecule has 0 aliphatic rings. The van der Waals surface area contributed by atoms with E-state index in [0.717, 1.165) is 44.9 Å². The second kappa shape index (κ2) is 13.0. The van der Waals surface area contributed by atoms with Crippen LogP contribution in [0.3, 0.4) is 0 Å². The molecule has 0 fully saturated rings. The molecule has 3 N–H and O–H groups in total. The molecule has 0 saturated carbocycles. The zero-order chi connectivity index (χ0) is 17.6. The van der Waals surface area contributed by atoms with Crippen LogP contribution < -0.4 is 16.0 Å². The molecule has 7 nitrogen and oxygen atoms in total. The summed E-state index contributed by atoms with van der Waals surface area (Å²) in [5.41, 5.74) is -0.475. The molecule has 0 heterocycles. The molecular weight excluding hydrogens is 296 g/mol. The van der Waals surface area contributed by atoms with Gasteiger partial charge in [0.25, 0.3) is 0 Å². The molecular formula is C16H34N4O3. The highest BCUT2D eigenvalue weighted by Gasteiger charge is 2.15. The predicted molar refractivity (Wildman–Crippen MR) is 93.9 cm³/mol. The number of alkyl carbamates (subject to hydrolysis) is 1. The Morgan fingerprint density at radius 2 is 1.74 bits per heavy atom. The second-order valence-corrected chi connectivity index (χ2v) is 6.17. The summed E-state index contributed by atoms with van der Waals surface area (Å²) in [6.07, 6.45) is 2.81. The lowest BCUT2D eigenvalue weighted by Crippen LogP contribution is -2.42. The van der Waals surface area contributed by atoms with Gasteiger partial charge in [0.15, 0.2) is 5.96 Å². The lowest BCUT2D eigenvalue weighted by molar-refractivity contribution is 0.0529. The summed E-state index contributed by atoms with van der Waals surface area (Å²) in [5.74, 6) is 0.769. The fraction of sp³-hybridized carbons (Fsp3) is 0.875. The largest absolute Gasteiger partial charge is 0.444 e. The van der Waals surface area contributed by atoms with Crippen molar-refractivity contribution in [1.29, 1.82) is 0 Å². The number of nitrogens with zero attached hydrogens (tertiary/aromatic N) is 1. The van der Waals surface area contributed by atoms with Crippen LogP contribution in [0.15, 0.2) is 4.99 Å². The minimum Gasteiger partial charge on any atom is -0.444 e. The molecule has 0 aromatic heterocycles. The van der Waals surface area contributed by atoms with E-state index in [-0.39, 0.29) is 0 Å². The van der Waals surface area contributed by atoms with E-state index in [1.165, 1.54) is 0 Å². The molecule has 136 valence electrons. The Hall–Kier alpha value is -1.50. The van der Waals surface area contributed by atoms with Crippen LogP contribution in [0.2, 0.25) is 0 Å². The third kappa shape index (κ3) is 15.2. The van der Waals surface area contributed by atoms with Gasteiger partial charge in [-0.05, 0) is 47.0 Å². The first-order chi connectivity index (χ1) is 10.9. The van der Waals surface area contributed by atoms with Gasteiger partial charge in [0.2, 0.25) is 0 Å². The van der Waals surface area contributed by atoms with E-state index in [1.807, 2.05) is 27.7 Å². The molecule has 7 heteroatoms. The van der Waals surface area contributed by atoms with Gasteiger partial charge in [-0.25, -0.2) is 4.79 Å². The molecule has 0 aromatic carbocycles. The van der Waals surface area contributed by atoms with Gasteiger partial charge >= 0.3 is 6.09 Å². The minimum absolute atomic E-state index is 0.403. The van der Waals surface area contributed by atoms with Crippen molar-refractivity contribution in [2.75, 3.05) is 39.9 Å². The van der Waals surface area contributed by atoms with Crippen molar-refractivity contribution >= 4 is 12.1 Å². The fourth-order valence-electron chi connectivity index (χ4n) is 1.73. The zero-order valence-corrected chi connectivity index (χ0v) is 15.3. The number of hydrogen-bond donors (Lipinski definition) is 3. The van der Waals surface area contributed by atoms with Crippen molar-refractivity contribution in [3.8, 4) is 0 Å². The molecule has 1 amide bonds. The Morgan fingerprint density at radius 3 is 2.35 bits per heavy atom. The standard InChI is InChI=1S/C16H34N4O3/c1-6-17-14(18-10-8-7-9-13-22-5)19-11-12-20-15(21)23-16(2,3)4/h6-13H2,1-5H3,(H,20,21)(H2,17,18,19). The molecule has 0 radical (unpaired) electrons. The van der Waals surface area contributed by atoms with Gasteiger partial charge in [-0.3, -0.25) is 4.99 Å². The van der Waals surface area contributed by atoms with Crippen LogP contribution in [0.25, 0.3) is 0 Å². The topological polar surface area (TPSA) is 84.0 Å². The Bertz CT molecular complexity index is 341. The van der Waals surface area contributed by atoms with Crippen molar-refractivity contribution in [1.82, 2.24) is 16.0 Å². The van der Waals surface area contributed by atoms with Gasteiger partial charge in [-0.1, -0.05) is 0 Å². The van der Waals surface area contributed by atoms with Gasteiger partial charge in [-0.2, -0.15) is 0 Å². The first-order valence-corrected chi connectivity index (χ1v) is 8.37. The number of amides is 1. The summed E-state index contributed by atoms with van der Waals surface area (Å²) in [6, 6.07) is 0. The summed E-state index contributed by atoms with van der Waals surface area (Å²) in [7, 11) is 1.72. The molecule has 0 aromatic rings. The number of hydrogen-bond acceptors (Lipinski definition) is 4. The van der Waals surface area contributed by atoms with Crippen molar-refractivity contribution < 1.29 is 14.3 Å². The van der Waals surface area contributed by atoms with Gasteiger partial charge in [0, 0.05) is 39.9 Å². The fourth-order valence-corrected chi connectivity index (χ4v) is 1.73. The molecule has 0 unspecified atom stereocenters. The maximum absolute atomic E-state index is 11.5. The Kier molecular flexibility index (Phi) is 12.1. The number of rotatable bonds is 10. The van der Waals surface area contributed by atoms with E-state index in [1.54, 1.807) is 7.11 Å². The van der Waals surface area contributed by atoms with E-state index in [2.05, 4.69) is 20.9 Å². The molecule has 0 rings (SSSR count). The first kappa shape index (κ1) is 21.5. The van der Waals surface area contributed by atoms with Crippen LogP contribution in [-0.4, -0.2) is 57.5 Å². The highest BCUT2D eigenvalue weighted by molar-refractivity contribution is 5.79. The number of aliphatic imine (C=N–C) groups is 1. The van der Waals surface area contributed by atoms with Crippen molar-refractivity contribution in [2.24, 2.45) is 4.99 Å². The summed E-state index contributed by atoms with van der Waals surface area (Å²) < 4.78 is 10.2. The molecule has 23 heavy (non-hydrogen) atoms. The lowest BCUT2D eigenvalue weighted by Gasteiger charge is -2.19. The number of ether oxygens (including phenoxy) is 2. The van der Waals surface area contributed by atoms with Crippen LogP contribution in [0, 0.1) is 0 Å². The number of carbonyl (C=O) groups excluding carboxylic acids is 1. The molecule has 0 saturated heterocycles. The number of methoxy groups -OCH3 is 1. The normalized spacial score (nSPS) is 12.0. The number of guanidine groups is 1. The molecule has 0 aliphatic carbocycles. The Labute approximate surface area is 140 Å². The van der Waals surface area contributed by atoms with Gasteiger partial charge < -0.3 is 25.4 Å². The van der Waals surface area contributed by atoms with Crippen LogP contribution in [0.5, 0.6) is 0 Å². The summed E-state index contributed by atoms with van der Waals surface area (Å²) in [6.45, 7) is 11.0. The summed E-state index contributed by atoms with van der Waals surface area (Å²) in [5, 5.41) is 9.07. The molecule has 0 bridgehead atoms. The molecule has 0 aliphatic heterocycles. The average molecular weight is 330 g/mol. The Morgan fingerprint density at radius 1 is 1.04 bits per heavy atom. The van der Waals surface area contributed by atoms with Crippen LogP contribution in [-0.2, 0) is 9.47 Å². The second-order valence-electron chi connectivity index (χ2n) is 6.17. The van der Waals surface area contributed by atoms with Crippen LogP contribution in [0.4, 0.5) is 4.79 Å². The van der Waals surface area contributed by atoms with Crippen LogP contribution >= 0.6 is 0 Å². The third-order valence-electron chi connectivity index (χ3n) is 2.71. The molecule has 0 spiro atoms.